The Morgan fingerprint density at radius 3 is 1.77 bits per heavy atom. The minimum absolute atomic E-state index is 0.140. The van der Waals surface area contributed by atoms with Gasteiger partial charge in [0.25, 0.3) is 0 Å². The Bertz CT molecular complexity index is 1140. The van der Waals surface area contributed by atoms with Crippen LogP contribution in [0.4, 0.5) is 8.78 Å². The highest BCUT2D eigenvalue weighted by atomic mass is 19.2. The molecule has 3 aromatic rings. The lowest BCUT2D eigenvalue weighted by Gasteiger charge is -1.99. The van der Waals surface area contributed by atoms with Gasteiger partial charge in [0.1, 0.15) is 0 Å². The minimum atomic E-state index is -1.08. The highest BCUT2D eigenvalue weighted by Crippen LogP contribution is 2.21. The van der Waals surface area contributed by atoms with Gasteiger partial charge in [0.15, 0.2) is 5.83 Å². The van der Waals surface area contributed by atoms with Crippen LogP contribution >= 0.6 is 0 Å². The summed E-state index contributed by atoms with van der Waals surface area (Å²) in [6.45, 7) is 4.13. The van der Waals surface area contributed by atoms with E-state index in [-0.39, 0.29) is 5.56 Å². The van der Waals surface area contributed by atoms with E-state index in [4.69, 9.17) is 0 Å². The zero-order valence-corrected chi connectivity index (χ0v) is 17.1. The molecule has 0 unspecified atom stereocenters. The Kier molecular flexibility index (Phi) is 7.20. The molecular formula is C28H22F2. The Hall–Kier alpha value is -3.62. The molecule has 0 aliphatic heterocycles. The molecule has 0 fully saturated rings. The van der Waals surface area contributed by atoms with Gasteiger partial charge in [-0.1, -0.05) is 73.1 Å². The van der Waals surface area contributed by atoms with Crippen LogP contribution in [-0.2, 0) is 6.42 Å². The zero-order chi connectivity index (χ0) is 21.3. The second-order valence-electron chi connectivity index (χ2n) is 7.02. The van der Waals surface area contributed by atoms with Crippen molar-refractivity contribution in [3.8, 4) is 23.7 Å². The van der Waals surface area contributed by atoms with Crippen molar-refractivity contribution >= 4 is 5.83 Å². The lowest BCUT2D eigenvalue weighted by Crippen LogP contribution is -1.84. The number of benzene rings is 3. The van der Waals surface area contributed by atoms with Gasteiger partial charge in [-0.15, -0.1) is 0 Å². The van der Waals surface area contributed by atoms with Crippen molar-refractivity contribution in [1.29, 1.82) is 0 Å². The average molecular weight is 396 g/mol. The van der Waals surface area contributed by atoms with Gasteiger partial charge in [0.05, 0.1) is 0 Å². The third-order valence-electron chi connectivity index (χ3n) is 4.54. The molecule has 0 aromatic heterocycles. The molecule has 0 spiro atoms. The summed E-state index contributed by atoms with van der Waals surface area (Å²) in [5, 5.41) is 0. The topological polar surface area (TPSA) is 0 Å². The average Bonchev–Trinajstić information content (AvgIpc) is 2.78. The summed E-state index contributed by atoms with van der Waals surface area (Å²) >= 11 is 0. The van der Waals surface area contributed by atoms with Crippen molar-refractivity contribution in [3.05, 3.63) is 112 Å². The second kappa shape index (κ2) is 10.2. The molecule has 0 atom stereocenters. The molecule has 0 aliphatic rings. The normalized spacial score (nSPS) is 10.9. The monoisotopic (exact) mass is 396 g/mol. The lowest BCUT2D eigenvalue weighted by atomic mass is 10.1. The van der Waals surface area contributed by atoms with Crippen LogP contribution in [0.1, 0.15) is 46.7 Å². The van der Waals surface area contributed by atoms with Gasteiger partial charge in [-0.05, 0) is 61.2 Å². The Morgan fingerprint density at radius 2 is 1.20 bits per heavy atom. The fraction of sp³-hybridized carbons (Fsp3) is 0.143. The van der Waals surface area contributed by atoms with Crippen molar-refractivity contribution < 1.29 is 8.78 Å². The maximum atomic E-state index is 14.4. The maximum absolute atomic E-state index is 14.4. The maximum Gasteiger partial charge on any atom is 0.209 e. The van der Waals surface area contributed by atoms with Gasteiger partial charge < -0.3 is 0 Å². The fourth-order valence-corrected chi connectivity index (χ4v) is 2.83. The number of hydrogen-bond donors (Lipinski definition) is 0. The van der Waals surface area contributed by atoms with E-state index in [1.807, 2.05) is 55.5 Å². The van der Waals surface area contributed by atoms with E-state index in [2.05, 4.69) is 30.6 Å². The summed E-state index contributed by atoms with van der Waals surface area (Å²) < 4.78 is 28.6. The number of aryl methyl sites for hydroxylation is 2. The highest BCUT2D eigenvalue weighted by molar-refractivity contribution is 5.66. The van der Waals surface area contributed by atoms with Gasteiger partial charge in [0.2, 0.25) is 5.83 Å². The van der Waals surface area contributed by atoms with Crippen LogP contribution in [0.25, 0.3) is 5.83 Å². The minimum Gasteiger partial charge on any atom is -0.202 e. The highest BCUT2D eigenvalue weighted by Gasteiger charge is 2.07. The predicted molar refractivity (Wildman–Crippen MR) is 120 cm³/mol. The molecule has 0 amide bonds. The Morgan fingerprint density at radius 1 is 0.700 bits per heavy atom. The molecule has 0 saturated carbocycles. The summed E-state index contributed by atoms with van der Waals surface area (Å²) in [5.41, 5.74) is 4.80. The fourth-order valence-electron chi connectivity index (χ4n) is 2.83. The predicted octanol–water partition coefficient (Wildman–Crippen LogP) is 7.01. The SMILES string of the molecule is CCCc1ccc(C#CC(F)=C(F)c2ccc(C#Cc3ccc(C)cc3)cc2)cc1. The third kappa shape index (κ3) is 5.94. The van der Waals surface area contributed by atoms with Gasteiger partial charge in [-0.3, -0.25) is 0 Å². The number of halogens is 2. The molecule has 2 heteroatoms. The Labute approximate surface area is 177 Å². The smallest absolute Gasteiger partial charge is 0.202 e. The lowest BCUT2D eigenvalue weighted by molar-refractivity contribution is 0.635. The first kappa shape index (κ1) is 21.1. The van der Waals surface area contributed by atoms with Crippen molar-refractivity contribution in [2.24, 2.45) is 0 Å². The molecule has 0 nitrogen and oxygen atoms in total. The molecular weight excluding hydrogens is 374 g/mol. The van der Waals surface area contributed by atoms with Crippen molar-refractivity contribution in [1.82, 2.24) is 0 Å². The standard InChI is InChI=1S/C28H22F2/c1-3-4-22-9-11-24(12-10-22)17-20-27(29)28(30)26-18-15-25(16-19-26)14-13-23-7-5-21(2)6-8-23/h5-12,15-16,18-19H,3-4H2,1-2H3. The molecule has 0 heterocycles. The molecule has 148 valence electrons. The molecule has 3 rings (SSSR count). The summed E-state index contributed by atoms with van der Waals surface area (Å²) in [7, 11) is 0. The first-order valence-corrected chi connectivity index (χ1v) is 9.90. The van der Waals surface area contributed by atoms with Gasteiger partial charge >= 0.3 is 0 Å². The van der Waals surface area contributed by atoms with Crippen LogP contribution in [0.15, 0.2) is 78.6 Å². The van der Waals surface area contributed by atoms with E-state index in [9.17, 15) is 8.78 Å². The van der Waals surface area contributed by atoms with Crippen molar-refractivity contribution in [3.63, 3.8) is 0 Å². The number of hydrogen-bond acceptors (Lipinski definition) is 0. The largest absolute Gasteiger partial charge is 0.209 e. The van der Waals surface area contributed by atoms with Gasteiger partial charge in [-0.25, -0.2) is 4.39 Å². The van der Waals surface area contributed by atoms with Crippen LogP contribution in [0.5, 0.6) is 0 Å². The summed E-state index contributed by atoms with van der Waals surface area (Å²) in [6.07, 6.45) is 2.05. The van der Waals surface area contributed by atoms with E-state index in [1.165, 1.54) is 23.3 Å². The summed E-state index contributed by atoms with van der Waals surface area (Å²) in [6, 6.07) is 21.8. The van der Waals surface area contributed by atoms with Gasteiger partial charge in [-0.2, -0.15) is 4.39 Å². The second-order valence-corrected chi connectivity index (χ2v) is 7.02. The molecule has 0 saturated heterocycles. The van der Waals surface area contributed by atoms with E-state index < -0.39 is 11.7 Å². The van der Waals surface area contributed by atoms with E-state index in [1.54, 1.807) is 12.1 Å². The molecule has 0 N–H and O–H groups in total. The quantitative estimate of drug-likeness (QED) is 0.418. The number of rotatable bonds is 3. The van der Waals surface area contributed by atoms with E-state index in [0.29, 0.717) is 5.56 Å². The van der Waals surface area contributed by atoms with Crippen LogP contribution in [-0.4, -0.2) is 0 Å². The first-order valence-electron chi connectivity index (χ1n) is 9.90. The molecule has 30 heavy (non-hydrogen) atoms. The van der Waals surface area contributed by atoms with Crippen LogP contribution in [0, 0.1) is 30.6 Å². The molecule has 3 aromatic carbocycles. The third-order valence-corrected chi connectivity index (χ3v) is 4.54. The number of allylic oxidation sites excluding steroid dienone is 1. The summed E-state index contributed by atoms with van der Waals surface area (Å²) in [4.78, 5) is 0. The molecule has 0 aliphatic carbocycles. The molecule has 0 bridgehead atoms. The van der Waals surface area contributed by atoms with Crippen molar-refractivity contribution in [2.45, 2.75) is 26.7 Å². The van der Waals surface area contributed by atoms with Crippen LogP contribution in [0.3, 0.4) is 0 Å². The Balaban J connectivity index is 1.72. The van der Waals surface area contributed by atoms with Gasteiger partial charge in [0, 0.05) is 22.3 Å². The molecule has 0 radical (unpaired) electrons. The van der Waals surface area contributed by atoms with E-state index in [0.717, 1.165) is 24.0 Å². The van der Waals surface area contributed by atoms with Crippen molar-refractivity contribution in [2.75, 3.05) is 0 Å². The zero-order valence-electron chi connectivity index (χ0n) is 17.1. The summed E-state index contributed by atoms with van der Waals surface area (Å²) in [5.74, 6) is 8.98. The van der Waals surface area contributed by atoms with Crippen LogP contribution < -0.4 is 0 Å². The first-order chi connectivity index (χ1) is 14.5. The van der Waals surface area contributed by atoms with E-state index >= 15 is 0 Å². The van der Waals surface area contributed by atoms with Crippen LogP contribution in [0.2, 0.25) is 0 Å².